The van der Waals surface area contributed by atoms with Gasteiger partial charge in [0.2, 0.25) is 0 Å². The minimum atomic E-state index is 0.619. The zero-order valence-electron chi connectivity index (χ0n) is 7.57. The van der Waals surface area contributed by atoms with Crippen LogP contribution in [0.15, 0.2) is 18.3 Å². The Morgan fingerprint density at radius 3 is 2.69 bits per heavy atom. The van der Waals surface area contributed by atoms with Gasteiger partial charge in [-0.25, -0.2) is 4.98 Å². The molecule has 0 atom stereocenters. The Labute approximate surface area is 82.9 Å². The molecule has 0 saturated carbocycles. The van der Waals surface area contributed by atoms with Gasteiger partial charge in [-0.3, -0.25) is 0 Å². The molecule has 0 radical (unpaired) electrons. The summed E-state index contributed by atoms with van der Waals surface area (Å²) < 4.78 is 0. The number of nitrogens with zero attached hydrogens (tertiary/aromatic N) is 1. The van der Waals surface area contributed by atoms with E-state index in [1.54, 1.807) is 0 Å². The van der Waals surface area contributed by atoms with Crippen molar-refractivity contribution in [3.63, 3.8) is 0 Å². The second kappa shape index (κ2) is 4.01. The SMILES string of the molecule is Nc1ccc(C2CCSCC2)cn1. The topological polar surface area (TPSA) is 38.9 Å². The van der Waals surface area contributed by atoms with Crippen LogP contribution in [0, 0.1) is 0 Å². The number of thioether (sulfide) groups is 1. The Morgan fingerprint density at radius 1 is 1.31 bits per heavy atom. The Kier molecular flexibility index (Phi) is 2.74. The summed E-state index contributed by atoms with van der Waals surface area (Å²) in [7, 11) is 0. The Hall–Kier alpha value is -0.700. The largest absolute Gasteiger partial charge is 0.384 e. The summed E-state index contributed by atoms with van der Waals surface area (Å²) in [6.07, 6.45) is 4.50. The first-order chi connectivity index (χ1) is 6.36. The van der Waals surface area contributed by atoms with E-state index in [0.29, 0.717) is 11.7 Å². The van der Waals surface area contributed by atoms with E-state index < -0.39 is 0 Å². The van der Waals surface area contributed by atoms with Crippen molar-refractivity contribution in [1.82, 2.24) is 4.98 Å². The minimum absolute atomic E-state index is 0.619. The summed E-state index contributed by atoms with van der Waals surface area (Å²) in [4.78, 5) is 4.13. The number of anilines is 1. The molecule has 0 amide bonds. The molecule has 2 nitrogen and oxygen atoms in total. The first kappa shape index (κ1) is 8.88. The molecule has 70 valence electrons. The number of hydrogen-bond donors (Lipinski definition) is 1. The molecule has 1 aromatic heterocycles. The third-order valence-electron chi connectivity index (χ3n) is 2.50. The molecule has 2 N–H and O–H groups in total. The highest BCUT2D eigenvalue weighted by atomic mass is 32.2. The van der Waals surface area contributed by atoms with Gasteiger partial charge in [-0.15, -0.1) is 0 Å². The number of nitrogen functional groups attached to an aromatic ring is 1. The molecule has 2 rings (SSSR count). The first-order valence-electron chi connectivity index (χ1n) is 4.65. The van der Waals surface area contributed by atoms with Gasteiger partial charge < -0.3 is 5.73 Å². The van der Waals surface area contributed by atoms with Crippen LogP contribution in [-0.4, -0.2) is 16.5 Å². The molecule has 1 aliphatic rings. The zero-order chi connectivity index (χ0) is 9.10. The van der Waals surface area contributed by atoms with Crippen molar-refractivity contribution in [3.8, 4) is 0 Å². The second-order valence-corrected chi connectivity index (χ2v) is 4.63. The van der Waals surface area contributed by atoms with E-state index in [2.05, 4.69) is 22.8 Å². The summed E-state index contributed by atoms with van der Waals surface area (Å²) in [5, 5.41) is 0. The maximum Gasteiger partial charge on any atom is 0.123 e. The van der Waals surface area contributed by atoms with Crippen molar-refractivity contribution in [2.75, 3.05) is 17.2 Å². The Bertz CT molecular complexity index is 265. The molecule has 0 spiro atoms. The van der Waals surface area contributed by atoms with Crippen LogP contribution in [0.5, 0.6) is 0 Å². The zero-order valence-corrected chi connectivity index (χ0v) is 8.39. The summed E-state index contributed by atoms with van der Waals surface area (Å²) >= 11 is 2.05. The summed E-state index contributed by atoms with van der Waals surface area (Å²) in [5.74, 6) is 3.91. The predicted octanol–water partition coefficient (Wildman–Crippen LogP) is 2.27. The number of pyridine rings is 1. The van der Waals surface area contributed by atoms with Crippen LogP contribution in [0.3, 0.4) is 0 Å². The third kappa shape index (κ3) is 2.15. The quantitative estimate of drug-likeness (QED) is 0.745. The van der Waals surface area contributed by atoms with E-state index >= 15 is 0 Å². The smallest absolute Gasteiger partial charge is 0.123 e. The second-order valence-electron chi connectivity index (χ2n) is 3.40. The van der Waals surface area contributed by atoms with Crippen molar-refractivity contribution >= 4 is 17.6 Å². The fourth-order valence-electron chi connectivity index (χ4n) is 1.69. The van der Waals surface area contributed by atoms with Gasteiger partial charge in [0, 0.05) is 6.20 Å². The molecule has 1 fully saturated rings. The first-order valence-corrected chi connectivity index (χ1v) is 5.81. The van der Waals surface area contributed by atoms with Crippen LogP contribution in [0.2, 0.25) is 0 Å². The van der Waals surface area contributed by atoms with Gasteiger partial charge in [-0.05, 0) is 41.9 Å². The molecule has 1 saturated heterocycles. The number of hydrogen-bond acceptors (Lipinski definition) is 3. The van der Waals surface area contributed by atoms with Crippen LogP contribution >= 0.6 is 11.8 Å². The molecule has 3 heteroatoms. The lowest BCUT2D eigenvalue weighted by molar-refractivity contribution is 0.635. The lowest BCUT2D eigenvalue weighted by Crippen LogP contribution is -2.08. The van der Waals surface area contributed by atoms with Crippen molar-refractivity contribution in [3.05, 3.63) is 23.9 Å². The normalized spacial score (nSPS) is 18.8. The standard InChI is InChI=1S/C10H14N2S/c11-10-2-1-9(7-12-10)8-3-5-13-6-4-8/h1-2,7-8H,3-6H2,(H2,11,12). The number of aromatic nitrogens is 1. The molecule has 0 unspecified atom stereocenters. The van der Waals surface area contributed by atoms with Crippen molar-refractivity contribution in [2.24, 2.45) is 0 Å². The fourth-order valence-corrected chi connectivity index (χ4v) is 2.80. The third-order valence-corrected chi connectivity index (χ3v) is 3.55. The van der Waals surface area contributed by atoms with Gasteiger partial charge >= 0.3 is 0 Å². The molecule has 0 bridgehead atoms. The molecular weight excluding hydrogens is 180 g/mol. The molecule has 0 aliphatic carbocycles. The highest BCUT2D eigenvalue weighted by molar-refractivity contribution is 7.99. The average molecular weight is 194 g/mol. The molecule has 1 aliphatic heterocycles. The van der Waals surface area contributed by atoms with Crippen LogP contribution in [0.1, 0.15) is 24.3 Å². The van der Waals surface area contributed by atoms with Crippen LogP contribution in [-0.2, 0) is 0 Å². The van der Waals surface area contributed by atoms with E-state index in [1.165, 1.54) is 29.9 Å². The van der Waals surface area contributed by atoms with Crippen LogP contribution in [0.25, 0.3) is 0 Å². The van der Waals surface area contributed by atoms with Gasteiger partial charge in [0.05, 0.1) is 0 Å². The minimum Gasteiger partial charge on any atom is -0.384 e. The van der Waals surface area contributed by atoms with E-state index in [-0.39, 0.29) is 0 Å². The van der Waals surface area contributed by atoms with Crippen molar-refractivity contribution < 1.29 is 0 Å². The van der Waals surface area contributed by atoms with Gasteiger partial charge in [0.25, 0.3) is 0 Å². The number of nitrogens with two attached hydrogens (primary N) is 1. The Balaban J connectivity index is 2.10. The van der Waals surface area contributed by atoms with E-state index in [0.717, 1.165) is 0 Å². The van der Waals surface area contributed by atoms with Gasteiger partial charge in [0.1, 0.15) is 5.82 Å². The highest BCUT2D eigenvalue weighted by Gasteiger charge is 2.15. The molecule has 1 aromatic rings. The Morgan fingerprint density at radius 2 is 2.08 bits per heavy atom. The maximum atomic E-state index is 5.54. The van der Waals surface area contributed by atoms with Gasteiger partial charge in [-0.2, -0.15) is 11.8 Å². The van der Waals surface area contributed by atoms with E-state index in [1.807, 2.05) is 12.3 Å². The van der Waals surface area contributed by atoms with Crippen molar-refractivity contribution in [2.45, 2.75) is 18.8 Å². The fraction of sp³-hybridized carbons (Fsp3) is 0.500. The summed E-state index contributed by atoms with van der Waals surface area (Å²) in [6, 6.07) is 4.01. The number of rotatable bonds is 1. The van der Waals surface area contributed by atoms with Crippen molar-refractivity contribution in [1.29, 1.82) is 0 Å². The van der Waals surface area contributed by atoms with E-state index in [9.17, 15) is 0 Å². The summed E-state index contributed by atoms with van der Waals surface area (Å²) in [6.45, 7) is 0. The van der Waals surface area contributed by atoms with Crippen LogP contribution in [0.4, 0.5) is 5.82 Å². The lowest BCUT2D eigenvalue weighted by Gasteiger charge is -2.21. The van der Waals surface area contributed by atoms with Crippen LogP contribution < -0.4 is 5.73 Å². The molecule has 0 aromatic carbocycles. The molecule has 2 heterocycles. The van der Waals surface area contributed by atoms with E-state index in [4.69, 9.17) is 5.73 Å². The summed E-state index contributed by atoms with van der Waals surface area (Å²) in [5.41, 5.74) is 6.90. The molecule has 13 heavy (non-hydrogen) atoms. The van der Waals surface area contributed by atoms with Gasteiger partial charge in [0.15, 0.2) is 0 Å². The monoisotopic (exact) mass is 194 g/mol. The van der Waals surface area contributed by atoms with Gasteiger partial charge in [-0.1, -0.05) is 6.07 Å². The lowest BCUT2D eigenvalue weighted by atomic mass is 9.95. The average Bonchev–Trinajstić information content (AvgIpc) is 2.20. The highest BCUT2D eigenvalue weighted by Crippen LogP contribution is 2.30. The molecular formula is C10H14N2S. The predicted molar refractivity (Wildman–Crippen MR) is 57.9 cm³/mol. The maximum absolute atomic E-state index is 5.54.